The number of hydrogen-bond acceptors (Lipinski definition) is 7. The summed E-state index contributed by atoms with van der Waals surface area (Å²) in [5, 5.41) is 8.80. The van der Waals surface area contributed by atoms with Crippen LogP contribution in [-0.4, -0.2) is 72.5 Å². The van der Waals surface area contributed by atoms with E-state index in [0.717, 1.165) is 54.4 Å². The zero-order chi connectivity index (χ0) is 25.9. The standard InChI is InChI=1S/C26H34ClN7O2/c1-17-13-18-19(30-17)7-8-20(25(18)27)35-16-29-24(34-11-9-33(6)10-12-34)15-22(28-5)31-23-14-21(36-32-23)26(2,3)4/h7-8,13-15,30H,5,9-12,16H2,1-4,6H3,(H,31,32)/b22-15+,29-24+. The second-order valence-corrected chi connectivity index (χ2v) is 10.4. The molecule has 2 aromatic heterocycles. The van der Waals surface area contributed by atoms with Gasteiger partial charge >= 0.3 is 0 Å². The van der Waals surface area contributed by atoms with Gasteiger partial charge in [0.25, 0.3) is 0 Å². The minimum absolute atomic E-state index is 0.107. The van der Waals surface area contributed by atoms with Crippen LogP contribution in [-0.2, 0) is 5.41 Å². The van der Waals surface area contributed by atoms with Crippen molar-refractivity contribution >= 4 is 40.9 Å². The second kappa shape index (κ2) is 10.8. The van der Waals surface area contributed by atoms with E-state index >= 15 is 0 Å². The summed E-state index contributed by atoms with van der Waals surface area (Å²) in [5.41, 5.74) is 1.87. The largest absolute Gasteiger partial charge is 0.470 e. The number of halogens is 1. The highest BCUT2D eigenvalue weighted by Crippen LogP contribution is 2.33. The van der Waals surface area contributed by atoms with Gasteiger partial charge in [0.2, 0.25) is 0 Å². The second-order valence-electron chi connectivity index (χ2n) is 10.0. The third kappa shape index (κ3) is 6.09. The first-order valence-electron chi connectivity index (χ1n) is 12.0. The Morgan fingerprint density at radius 2 is 2.03 bits per heavy atom. The van der Waals surface area contributed by atoms with Crippen LogP contribution in [0.15, 0.2) is 50.7 Å². The number of aliphatic imine (C=N–C) groups is 2. The van der Waals surface area contributed by atoms with Gasteiger partial charge in [0.1, 0.15) is 23.2 Å². The van der Waals surface area contributed by atoms with Gasteiger partial charge in [0.05, 0.1) is 5.02 Å². The number of benzene rings is 1. The van der Waals surface area contributed by atoms with Gasteiger partial charge in [-0.15, -0.1) is 0 Å². The predicted molar refractivity (Wildman–Crippen MR) is 147 cm³/mol. The van der Waals surface area contributed by atoms with Gasteiger partial charge in [-0.1, -0.05) is 37.5 Å². The summed E-state index contributed by atoms with van der Waals surface area (Å²) in [7, 11) is 2.11. The molecule has 2 N–H and O–H groups in total. The number of rotatable bonds is 7. The van der Waals surface area contributed by atoms with Crippen molar-refractivity contribution in [1.29, 1.82) is 0 Å². The van der Waals surface area contributed by atoms with Crippen LogP contribution in [0.1, 0.15) is 32.2 Å². The Morgan fingerprint density at radius 1 is 1.28 bits per heavy atom. The van der Waals surface area contributed by atoms with Crippen molar-refractivity contribution in [1.82, 2.24) is 19.9 Å². The molecule has 1 saturated heterocycles. The molecule has 1 aliphatic heterocycles. The lowest BCUT2D eigenvalue weighted by atomic mass is 9.93. The Balaban J connectivity index is 1.55. The van der Waals surface area contributed by atoms with Crippen LogP contribution >= 0.6 is 11.6 Å². The third-order valence-corrected chi connectivity index (χ3v) is 6.44. The molecule has 0 radical (unpaired) electrons. The first kappa shape index (κ1) is 25.8. The van der Waals surface area contributed by atoms with Crippen LogP contribution in [0.25, 0.3) is 10.9 Å². The summed E-state index contributed by atoms with van der Waals surface area (Å²) < 4.78 is 11.5. The molecule has 36 heavy (non-hydrogen) atoms. The van der Waals surface area contributed by atoms with E-state index in [-0.39, 0.29) is 12.1 Å². The van der Waals surface area contributed by atoms with Crippen molar-refractivity contribution in [3.05, 3.63) is 52.6 Å². The molecular weight excluding hydrogens is 478 g/mol. The number of aryl methyl sites for hydroxylation is 1. The van der Waals surface area contributed by atoms with E-state index in [1.165, 1.54) is 0 Å². The number of anilines is 1. The number of nitrogens with one attached hydrogen (secondary N) is 2. The van der Waals surface area contributed by atoms with Gasteiger partial charge in [0, 0.05) is 60.3 Å². The van der Waals surface area contributed by atoms with Crippen LogP contribution in [0.4, 0.5) is 5.82 Å². The average molecular weight is 512 g/mol. The zero-order valence-corrected chi connectivity index (χ0v) is 22.3. The molecule has 0 spiro atoms. The quantitative estimate of drug-likeness (QED) is 0.340. The van der Waals surface area contributed by atoms with Crippen molar-refractivity contribution in [2.75, 3.05) is 45.3 Å². The number of likely N-dealkylation sites (N-methyl/N-ethyl adjacent to an activating group) is 1. The number of hydrogen-bond donors (Lipinski definition) is 2. The van der Waals surface area contributed by atoms with E-state index in [1.807, 2.05) is 37.3 Å². The van der Waals surface area contributed by atoms with Crippen LogP contribution in [0.3, 0.4) is 0 Å². The molecule has 1 aromatic carbocycles. The number of aromatic amines is 1. The summed E-state index contributed by atoms with van der Waals surface area (Å²) in [6.07, 6.45) is 1.85. The molecule has 1 fully saturated rings. The van der Waals surface area contributed by atoms with Crippen LogP contribution in [0, 0.1) is 6.92 Å². The maximum Gasteiger partial charge on any atom is 0.181 e. The number of fused-ring (bicyclic) bond motifs is 1. The molecule has 0 atom stereocenters. The van der Waals surface area contributed by atoms with E-state index in [4.69, 9.17) is 25.9 Å². The van der Waals surface area contributed by atoms with Crippen molar-refractivity contribution < 1.29 is 9.26 Å². The molecule has 0 bridgehead atoms. The zero-order valence-electron chi connectivity index (χ0n) is 21.6. The Bertz CT molecular complexity index is 1280. The van der Waals surface area contributed by atoms with Gasteiger partial charge in [-0.05, 0) is 38.9 Å². The van der Waals surface area contributed by atoms with Crippen molar-refractivity contribution in [2.45, 2.75) is 33.1 Å². The summed E-state index contributed by atoms with van der Waals surface area (Å²) in [6.45, 7) is 15.6. The number of nitrogens with zero attached hydrogens (tertiary/aromatic N) is 5. The maximum atomic E-state index is 6.60. The molecule has 1 aliphatic rings. The highest BCUT2D eigenvalue weighted by Gasteiger charge is 2.21. The van der Waals surface area contributed by atoms with Crippen molar-refractivity contribution in [3.63, 3.8) is 0 Å². The predicted octanol–water partition coefficient (Wildman–Crippen LogP) is 5.05. The lowest BCUT2D eigenvalue weighted by molar-refractivity contribution is 0.214. The molecule has 3 aromatic rings. The van der Waals surface area contributed by atoms with E-state index in [9.17, 15) is 0 Å². The van der Waals surface area contributed by atoms with Crippen molar-refractivity contribution in [2.24, 2.45) is 9.98 Å². The molecule has 0 aliphatic carbocycles. The van der Waals surface area contributed by atoms with Crippen LogP contribution < -0.4 is 10.1 Å². The number of ether oxygens (including phenoxy) is 1. The average Bonchev–Trinajstić information content (AvgIpc) is 3.46. The summed E-state index contributed by atoms with van der Waals surface area (Å²) in [5.74, 6) is 3.19. The van der Waals surface area contributed by atoms with E-state index in [0.29, 0.717) is 22.4 Å². The summed E-state index contributed by atoms with van der Waals surface area (Å²) >= 11 is 6.60. The maximum absolute atomic E-state index is 6.60. The molecule has 9 nitrogen and oxygen atoms in total. The lowest BCUT2D eigenvalue weighted by Crippen LogP contribution is -2.47. The molecule has 192 valence electrons. The Kier molecular flexibility index (Phi) is 7.70. The summed E-state index contributed by atoms with van der Waals surface area (Å²) in [6, 6.07) is 7.70. The smallest absolute Gasteiger partial charge is 0.181 e. The number of amidine groups is 1. The van der Waals surface area contributed by atoms with Gasteiger partial charge in [-0.25, -0.2) is 9.98 Å². The van der Waals surface area contributed by atoms with E-state index < -0.39 is 0 Å². The van der Waals surface area contributed by atoms with Gasteiger partial charge in [-0.3, -0.25) is 0 Å². The number of piperazine rings is 1. The molecule has 0 amide bonds. The summed E-state index contributed by atoms with van der Waals surface area (Å²) in [4.78, 5) is 16.7. The molecule has 3 heterocycles. The van der Waals surface area contributed by atoms with Gasteiger partial charge < -0.3 is 29.4 Å². The fraction of sp³-hybridized carbons (Fsp3) is 0.423. The fourth-order valence-corrected chi connectivity index (χ4v) is 4.18. The van der Waals surface area contributed by atoms with Gasteiger partial charge in [-0.2, -0.15) is 0 Å². The Labute approximate surface area is 216 Å². The third-order valence-electron chi connectivity index (χ3n) is 6.05. The molecule has 4 rings (SSSR count). The molecular formula is C26H34ClN7O2. The first-order chi connectivity index (χ1) is 17.1. The monoisotopic (exact) mass is 511 g/mol. The molecule has 0 unspecified atom stereocenters. The number of H-pyrrole nitrogens is 1. The minimum Gasteiger partial charge on any atom is -0.470 e. The Hall–Kier alpha value is -3.30. The van der Waals surface area contributed by atoms with E-state index in [1.54, 1.807) is 0 Å². The molecule has 10 heteroatoms. The minimum atomic E-state index is -0.147. The lowest BCUT2D eigenvalue weighted by Gasteiger charge is -2.33. The SMILES string of the molecule is C=N/C(=C\C(=N/COc1ccc2[nH]c(C)cc2c1Cl)N1CCN(C)CC1)Nc1cc(C(C)(C)C)on1. The van der Waals surface area contributed by atoms with Crippen LogP contribution in [0.5, 0.6) is 5.75 Å². The highest BCUT2D eigenvalue weighted by molar-refractivity contribution is 6.37. The van der Waals surface area contributed by atoms with E-state index in [2.05, 4.69) is 64.8 Å². The topological polar surface area (TPSA) is 94.3 Å². The van der Waals surface area contributed by atoms with Crippen molar-refractivity contribution in [3.8, 4) is 5.75 Å². The van der Waals surface area contributed by atoms with Crippen LogP contribution in [0.2, 0.25) is 5.02 Å². The first-order valence-corrected chi connectivity index (χ1v) is 12.3. The fourth-order valence-electron chi connectivity index (χ4n) is 3.90. The Morgan fingerprint density at radius 3 is 2.69 bits per heavy atom. The number of aromatic nitrogens is 2. The highest BCUT2D eigenvalue weighted by atomic mass is 35.5. The normalized spacial score (nSPS) is 16.0. The van der Waals surface area contributed by atoms with Gasteiger partial charge in [0.15, 0.2) is 12.5 Å². The molecule has 0 saturated carbocycles.